The molecule has 0 fully saturated rings. The van der Waals surface area contributed by atoms with E-state index < -0.39 is 0 Å². The molecule has 0 bridgehead atoms. The predicted molar refractivity (Wildman–Crippen MR) is 80.6 cm³/mol. The Bertz CT molecular complexity index is 604. The lowest BCUT2D eigenvalue weighted by Crippen LogP contribution is -2.30. The highest BCUT2D eigenvalue weighted by Crippen LogP contribution is 2.26. The second-order valence-electron chi connectivity index (χ2n) is 4.95. The van der Waals surface area contributed by atoms with E-state index in [1.54, 1.807) is 0 Å². The molecule has 0 radical (unpaired) electrons. The molecular formula is C14H18BrFN4. The van der Waals surface area contributed by atoms with Crippen LogP contribution in [0.5, 0.6) is 0 Å². The highest BCUT2D eigenvalue weighted by atomic mass is 79.9. The number of halogens is 2. The van der Waals surface area contributed by atoms with Gasteiger partial charge in [0.25, 0.3) is 0 Å². The monoisotopic (exact) mass is 340 g/mol. The van der Waals surface area contributed by atoms with E-state index in [-0.39, 0.29) is 11.9 Å². The molecule has 2 rings (SSSR count). The van der Waals surface area contributed by atoms with Crippen molar-refractivity contribution in [3.8, 4) is 0 Å². The Morgan fingerprint density at radius 1 is 1.40 bits per heavy atom. The van der Waals surface area contributed by atoms with E-state index in [4.69, 9.17) is 5.84 Å². The maximum absolute atomic E-state index is 13.5. The first kappa shape index (κ1) is 15.2. The number of nitrogens with two attached hydrogens (primary N) is 1. The Morgan fingerprint density at radius 2 is 2.10 bits per heavy atom. The molecule has 0 aliphatic heterocycles. The first-order chi connectivity index (χ1) is 9.42. The van der Waals surface area contributed by atoms with Gasteiger partial charge in [0.05, 0.1) is 21.9 Å². The van der Waals surface area contributed by atoms with E-state index in [0.717, 1.165) is 27.0 Å². The van der Waals surface area contributed by atoms with Gasteiger partial charge in [-0.15, -0.1) is 0 Å². The van der Waals surface area contributed by atoms with Crippen LogP contribution in [0.4, 0.5) is 4.39 Å². The van der Waals surface area contributed by atoms with Gasteiger partial charge in [-0.05, 0) is 53.0 Å². The van der Waals surface area contributed by atoms with Gasteiger partial charge >= 0.3 is 0 Å². The summed E-state index contributed by atoms with van der Waals surface area (Å²) < 4.78 is 16.3. The zero-order chi connectivity index (χ0) is 14.9. The van der Waals surface area contributed by atoms with Crippen LogP contribution in [0.15, 0.2) is 22.7 Å². The zero-order valence-corrected chi connectivity index (χ0v) is 13.3. The lowest BCUT2D eigenvalue weighted by atomic mass is 10.0. The molecular weight excluding hydrogens is 323 g/mol. The number of benzene rings is 1. The molecule has 0 aliphatic carbocycles. The molecule has 1 atom stereocenters. The van der Waals surface area contributed by atoms with Gasteiger partial charge < -0.3 is 0 Å². The zero-order valence-electron chi connectivity index (χ0n) is 11.7. The number of hydrogen-bond donors (Lipinski definition) is 2. The minimum Gasteiger partial charge on any atom is -0.271 e. The number of nitrogens with zero attached hydrogens (tertiary/aromatic N) is 2. The summed E-state index contributed by atoms with van der Waals surface area (Å²) in [5.74, 6) is 5.39. The lowest BCUT2D eigenvalue weighted by molar-refractivity contribution is 0.523. The van der Waals surface area contributed by atoms with Crippen LogP contribution in [0.25, 0.3) is 0 Å². The van der Waals surface area contributed by atoms with Crippen molar-refractivity contribution >= 4 is 15.9 Å². The van der Waals surface area contributed by atoms with E-state index in [2.05, 4.69) is 26.5 Å². The average molecular weight is 341 g/mol. The molecule has 108 valence electrons. The van der Waals surface area contributed by atoms with Gasteiger partial charge in [0, 0.05) is 13.5 Å². The highest BCUT2D eigenvalue weighted by Gasteiger charge is 2.18. The molecule has 1 aromatic carbocycles. The second-order valence-corrected chi connectivity index (χ2v) is 5.75. The van der Waals surface area contributed by atoms with Crippen LogP contribution in [0.2, 0.25) is 0 Å². The van der Waals surface area contributed by atoms with Gasteiger partial charge in [0.2, 0.25) is 0 Å². The normalized spacial score (nSPS) is 12.7. The summed E-state index contributed by atoms with van der Waals surface area (Å²) in [6.07, 6.45) is 0.622. The van der Waals surface area contributed by atoms with Crippen molar-refractivity contribution in [1.29, 1.82) is 0 Å². The van der Waals surface area contributed by atoms with Gasteiger partial charge in [-0.25, -0.2) is 4.39 Å². The fourth-order valence-corrected chi connectivity index (χ4v) is 2.83. The fourth-order valence-electron chi connectivity index (χ4n) is 2.33. The van der Waals surface area contributed by atoms with Crippen molar-refractivity contribution in [3.05, 3.63) is 51.0 Å². The maximum Gasteiger partial charge on any atom is 0.123 e. The summed E-state index contributed by atoms with van der Waals surface area (Å²) in [7, 11) is 1.89. The number of hydrogen-bond acceptors (Lipinski definition) is 3. The minimum absolute atomic E-state index is 0.171. The molecule has 3 N–H and O–H groups in total. The number of aryl methyl sites for hydroxylation is 3. The molecule has 1 aromatic heterocycles. The predicted octanol–water partition coefficient (Wildman–Crippen LogP) is 2.69. The highest BCUT2D eigenvalue weighted by molar-refractivity contribution is 9.10. The van der Waals surface area contributed by atoms with Crippen molar-refractivity contribution in [2.45, 2.75) is 26.3 Å². The topological polar surface area (TPSA) is 55.9 Å². The Labute approximate surface area is 126 Å². The summed E-state index contributed by atoms with van der Waals surface area (Å²) in [6, 6.07) is 4.77. The molecule has 0 saturated heterocycles. The van der Waals surface area contributed by atoms with Gasteiger partial charge in [0.15, 0.2) is 0 Å². The van der Waals surface area contributed by atoms with Crippen molar-refractivity contribution < 1.29 is 4.39 Å². The third-order valence-electron chi connectivity index (χ3n) is 3.33. The van der Waals surface area contributed by atoms with E-state index >= 15 is 0 Å². The number of aromatic nitrogens is 2. The standard InChI is InChI=1S/C14H18BrFN4/c1-8-4-10(6-11(16)5-8)12(18-17)7-13-14(15)9(2)19-20(13)3/h4-6,12,18H,7,17H2,1-3H3. The molecule has 1 heterocycles. The molecule has 0 aliphatic rings. The third kappa shape index (κ3) is 3.08. The quantitative estimate of drug-likeness (QED) is 0.664. The summed E-state index contributed by atoms with van der Waals surface area (Å²) in [5, 5.41) is 4.35. The van der Waals surface area contributed by atoms with Crippen LogP contribution in [0.3, 0.4) is 0 Å². The van der Waals surface area contributed by atoms with Crippen LogP contribution in [0, 0.1) is 19.7 Å². The van der Waals surface area contributed by atoms with E-state index in [0.29, 0.717) is 6.42 Å². The third-order valence-corrected chi connectivity index (χ3v) is 4.36. The second kappa shape index (κ2) is 6.03. The van der Waals surface area contributed by atoms with Gasteiger partial charge in [-0.1, -0.05) is 6.07 Å². The first-order valence-electron chi connectivity index (χ1n) is 6.33. The molecule has 4 nitrogen and oxygen atoms in total. The van der Waals surface area contributed by atoms with Gasteiger partial charge in [-0.2, -0.15) is 5.10 Å². The van der Waals surface area contributed by atoms with Gasteiger partial charge in [-0.3, -0.25) is 16.0 Å². The van der Waals surface area contributed by atoms with E-state index in [1.807, 2.05) is 31.6 Å². The van der Waals surface area contributed by atoms with Crippen LogP contribution >= 0.6 is 15.9 Å². The molecule has 1 unspecified atom stereocenters. The molecule has 20 heavy (non-hydrogen) atoms. The van der Waals surface area contributed by atoms with Crippen LogP contribution in [-0.2, 0) is 13.5 Å². The first-order valence-corrected chi connectivity index (χ1v) is 7.13. The van der Waals surface area contributed by atoms with E-state index in [9.17, 15) is 4.39 Å². The number of nitrogens with one attached hydrogen (secondary N) is 1. The molecule has 2 aromatic rings. The Morgan fingerprint density at radius 3 is 2.60 bits per heavy atom. The van der Waals surface area contributed by atoms with Crippen LogP contribution < -0.4 is 11.3 Å². The van der Waals surface area contributed by atoms with Crippen molar-refractivity contribution in [2.75, 3.05) is 0 Å². The molecule has 0 saturated carbocycles. The number of rotatable bonds is 4. The van der Waals surface area contributed by atoms with E-state index in [1.165, 1.54) is 12.1 Å². The van der Waals surface area contributed by atoms with Crippen molar-refractivity contribution in [2.24, 2.45) is 12.9 Å². The SMILES string of the molecule is Cc1cc(F)cc(C(Cc2c(Br)c(C)nn2C)NN)c1. The summed E-state index contributed by atoms with van der Waals surface area (Å²) >= 11 is 3.53. The largest absolute Gasteiger partial charge is 0.271 e. The smallest absolute Gasteiger partial charge is 0.123 e. The molecule has 0 spiro atoms. The lowest BCUT2D eigenvalue weighted by Gasteiger charge is -2.17. The number of hydrazine groups is 1. The minimum atomic E-state index is -0.250. The van der Waals surface area contributed by atoms with Crippen molar-refractivity contribution in [1.82, 2.24) is 15.2 Å². The Hall–Kier alpha value is -1.24. The molecule has 0 amide bonds. The van der Waals surface area contributed by atoms with Gasteiger partial charge in [0.1, 0.15) is 5.82 Å². The molecule has 6 heteroatoms. The maximum atomic E-state index is 13.5. The summed E-state index contributed by atoms with van der Waals surface area (Å²) in [4.78, 5) is 0. The van der Waals surface area contributed by atoms with Crippen LogP contribution in [-0.4, -0.2) is 9.78 Å². The Kier molecular flexibility index (Phi) is 4.57. The fraction of sp³-hybridized carbons (Fsp3) is 0.357. The average Bonchev–Trinajstić information content (AvgIpc) is 2.60. The summed E-state index contributed by atoms with van der Waals surface area (Å²) in [5.41, 5.74) is 6.41. The van der Waals surface area contributed by atoms with Crippen molar-refractivity contribution in [3.63, 3.8) is 0 Å². The van der Waals surface area contributed by atoms with Crippen LogP contribution in [0.1, 0.15) is 28.6 Å². The summed E-state index contributed by atoms with van der Waals surface area (Å²) in [6.45, 7) is 3.80. The Balaban J connectivity index is 2.33.